The van der Waals surface area contributed by atoms with E-state index in [9.17, 15) is 14.7 Å². The van der Waals surface area contributed by atoms with Crippen molar-refractivity contribution in [2.75, 3.05) is 26.3 Å². The van der Waals surface area contributed by atoms with E-state index in [4.69, 9.17) is 9.15 Å². The predicted octanol–water partition coefficient (Wildman–Crippen LogP) is 3.67. The van der Waals surface area contributed by atoms with E-state index in [-0.39, 0.29) is 31.2 Å². The number of urea groups is 1. The topological polar surface area (TPSA) is 92.0 Å². The standard InChI is InChI=1S/C23H32N2O5/c1-2-11-24-23(28)25(12-13-26)14-18-16-30-20-10-6-9-19(21(20)22(18)27)29-15-17-7-4-3-5-8-17/h6,9-10,16-17,26H,2-5,7-8,11-15H2,1H3,(H,24,28). The Morgan fingerprint density at radius 1 is 1.30 bits per heavy atom. The molecule has 2 N–H and O–H groups in total. The molecule has 0 saturated heterocycles. The number of amides is 2. The molecular weight excluding hydrogens is 384 g/mol. The summed E-state index contributed by atoms with van der Waals surface area (Å²) in [4.78, 5) is 27.0. The maximum atomic E-state index is 13.2. The minimum atomic E-state index is -0.313. The summed E-state index contributed by atoms with van der Waals surface area (Å²) < 4.78 is 11.7. The molecule has 1 aromatic heterocycles. The zero-order valence-corrected chi connectivity index (χ0v) is 17.7. The maximum absolute atomic E-state index is 13.2. The molecule has 0 radical (unpaired) electrons. The molecule has 0 atom stereocenters. The summed E-state index contributed by atoms with van der Waals surface area (Å²) in [6, 6.07) is 5.04. The summed E-state index contributed by atoms with van der Waals surface area (Å²) in [5.74, 6) is 1.05. The average molecular weight is 417 g/mol. The molecule has 3 rings (SSSR count). The van der Waals surface area contributed by atoms with Gasteiger partial charge >= 0.3 is 6.03 Å². The van der Waals surface area contributed by atoms with Crippen molar-refractivity contribution in [3.8, 4) is 5.75 Å². The van der Waals surface area contributed by atoms with Crippen LogP contribution >= 0.6 is 0 Å². The van der Waals surface area contributed by atoms with Crippen LogP contribution in [0.4, 0.5) is 4.79 Å². The number of benzene rings is 1. The molecule has 7 nitrogen and oxygen atoms in total. The predicted molar refractivity (Wildman–Crippen MR) is 116 cm³/mol. The van der Waals surface area contributed by atoms with Crippen molar-refractivity contribution >= 4 is 17.0 Å². The molecule has 1 fully saturated rings. The lowest BCUT2D eigenvalue weighted by Crippen LogP contribution is -2.42. The number of nitrogens with zero attached hydrogens (tertiary/aromatic N) is 1. The van der Waals surface area contributed by atoms with E-state index in [2.05, 4.69) is 5.32 Å². The molecule has 164 valence electrons. The highest BCUT2D eigenvalue weighted by molar-refractivity contribution is 5.83. The second kappa shape index (κ2) is 11.0. The minimum Gasteiger partial charge on any atom is -0.492 e. The van der Waals surface area contributed by atoms with Gasteiger partial charge in [-0.15, -0.1) is 0 Å². The van der Waals surface area contributed by atoms with E-state index >= 15 is 0 Å². The summed E-state index contributed by atoms with van der Waals surface area (Å²) in [6.07, 6.45) is 8.27. The average Bonchev–Trinajstić information content (AvgIpc) is 2.78. The summed E-state index contributed by atoms with van der Waals surface area (Å²) in [5.41, 5.74) is 0.618. The highest BCUT2D eigenvalue weighted by atomic mass is 16.5. The van der Waals surface area contributed by atoms with Crippen molar-refractivity contribution in [1.29, 1.82) is 0 Å². The van der Waals surface area contributed by atoms with Crippen LogP contribution in [-0.2, 0) is 6.54 Å². The van der Waals surface area contributed by atoms with Gasteiger partial charge in [0.2, 0.25) is 5.43 Å². The van der Waals surface area contributed by atoms with E-state index in [1.54, 1.807) is 12.1 Å². The zero-order valence-electron chi connectivity index (χ0n) is 17.7. The van der Waals surface area contributed by atoms with Gasteiger partial charge in [0.25, 0.3) is 0 Å². The number of fused-ring (bicyclic) bond motifs is 1. The van der Waals surface area contributed by atoms with Gasteiger partial charge in [-0.25, -0.2) is 4.79 Å². The number of carbonyl (C=O) groups is 1. The second-order valence-corrected chi connectivity index (χ2v) is 7.91. The zero-order chi connectivity index (χ0) is 21.3. The van der Waals surface area contributed by atoms with Gasteiger partial charge in [0, 0.05) is 13.1 Å². The van der Waals surface area contributed by atoms with Crippen LogP contribution in [0.2, 0.25) is 0 Å². The third-order valence-electron chi connectivity index (χ3n) is 5.58. The summed E-state index contributed by atoms with van der Waals surface area (Å²) >= 11 is 0. The number of carbonyl (C=O) groups excluding carboxylic acids is 1. The lowest BCUT2D eigenvalue weighted by Gasteiger charge is -2.22. The fourth-order valence-electron chi connectivity index (χ4n) is 3.89. The Kier molecular flexibility index (Phi) is 8.13. The van der Waals surface area contributed by atoms with Gasteiger partial charge in [-0.3, -0.25) is 4.79 Å². The molecule has 0 spiro atoms. The van der Waals surface area contributed by atoms with Gasteiger partial charge in [0.15, 0.2) is 0 Å². The van der Waals surface area contributed by atoms with Crippen LogP contribution in [0.15, 0.2) is 33.7 Å². The number of hydrogen-bond donors (Lipinski definition) is 2. The largest absolute Gasteiger partial charge is 0.492 e. The summed E-state index contributed by atoms with van der Waals surface area (Å²) in [7, 11) is 0. The van der Waals surface area contributed by atoms with Crippen molar-refractivity contribution in [3.05, 3.63) is 40.2 Å². The van der Waals surface area contributed by atoms with Gasteiger partial charge in [-0.05, 0) is 37.3 Å². The highest BCUT2D eigenvalue weighted by Crippen LogP contribution is 2.27. The molecular formula is C23H32N2O5. The van der Waals surface area contributed by atoms with Gasteiger partial charge in [0.1, 0.15) is 16.7 Å². The Labute approximate surface area is 177 Å². The minimum absolute atomic E-state index is 0.0609. The first-order valence-electron chi connectivity index (χ1n) is 10.9. The van der Waals surface area contributed by atoms with E-state index in [1.165, 1.54) is 30.4 Å². The Hall–Kier alpha value is -2.54. The lowest BCUT2D eigenvalue weighted by molar-refractivity contribution is 0.173. The quantitative estimate of drug-likeness (QED) is 0.651. The van der Waals surface area contributed by atoms with Crippen molar-refractivity contribution in [3.63, 3.8) is 0 Å². The van der Waals surface area contributed by atoms with Gasteiger partial charge in [-0.1, -0.05) is 32.3 Å². The number of hydrogen-bond acceptors (Lipinski definition) is 5. The molecule has 30 heavy (non-hydrogen) atoms. The van der Waals surface area contributed by atoms with E-state index in [0.717, 1.165) is 19.3 Å². The number of aliphatic hydroxyl groups excluding tert-OH is 1. The van der Waals surface area contributed by atoms with Crippen molar-refractivity contribution < 1.29 is 19.1 Å². The van der Waals surface area contributed by atoms with Crippen LogP contribution in [0.1, 0.15) is 51.0 Å². The van der Waals surface area contributed by atoms with Gasteiger partial charge < -0.3 is 24.5 Å². The number of aliphatic hydroxyl groups is 1. The molecule has 0 unspecified atom stereocenters. The van der Waals surface area contributed by atoms with Crippen LogP contribution in [0.3, 0.4) is 0 Å². The Morgan fingerprint density at radius 3 is 2.83 bits per heavy atom. The fraction of sp³-hybridized carbons (Fsp3) is 0.565. The van der Waals surface area contributed by atoms with Crippen LogP contribution in [0, 0.1) is 5.92 Å². The lowest BCUT2D eigenvalue weighted by atomic mass is 9.90. The first-order chi connectivity index (χ1) is 14.6. The molecule has 0 aliphatic heterocycles. The first kappa shape index (κ1) is 22.2. The van der Waals surface area contributed by atoms with Crippen LogP contribution in [-0.4, -0.2) is 42.3 Å². The van der Waals surface area contributed by atoms with E-state index in [1.807, 2.05) is 13.0 Å². The number of ether oxygens (including phenoxy) is 1. The smallest absolute Gasteiger partial charge is 0.317 e. The normalized spacial score (nSPS) is 14.6. The van der Waals surface area contributed by atoms with Crippen LogP contribution in [0.5, 0.6) is 5.75 Å². The second-order valence-electron chi connectivity index (χ2n) is 7.91. The first-order valence-corrected chi connectivity index (χ1v) is 10.9. The van der Waals surface area contributed by atoms with Crippen LogP contribution < -0.4 is 15.5 Å². The monoisotopic (exact) mass is 416 g/mol. The molecule has 1 aliphatic rings. The van der Waals surface area contributed by atoms with Crippen molar-refractivity contribution in [2.45, 2.75) is 52.0 Å². The highest BCUT2D eigenvalue weighted by Gasteiger charge is 2.19. The molecule has 0 bridgehead atoms. The Morgan fingerprint density at radius 2 is 2.10 bits per heavy atom. The molecule has 7 heteroatoms. The Bertz CT molecular complexity index is 889. The molecule has 1 saturated carbocycles. The molecule has 2 aromatic rings. The molecule has 2 amide bonds. The number of rotatable bonds is 9. The number of nitrogens with one attached hydrogen (secondary N) is 1. The maximum Gasteiger partial charge on any atom is 0.317 e. The SMILES string of the molecule is CCCNC(=O)N(CCO)Cc1coc2cccc(OCC3CCCCC3)c2c1=O. The third-order valence-corrected chi connectivity index (χ3v) is 5.58. The molecule has 1 heterocycles. The van der Waals surface area contributed by atoms with Crippen molar-refractivity contribution in [2.24, 2.45) is 5.92 Å². The third kappa shape index (κ3) is 5.53. The Balaban J connectivity index is 1.82. The van der Waals surface area contributed by atoms with Crippen molar-refractivity contribution in [1.82, 2.24) is 10.2 Å². The van der Waals surface area contributed by atoms with Gasteiger partial charge in [0.05, 0.1) is 31.6 Å². The summed E-state index contributed by atoms with van der Waals surface area (Å²) in [6.45, 7) is 3.10. The molecule has 1 aliphatic carbocycles. The summed E-state index contributed by atoms with van der Waals surface area (Å²) in [5, 5.41) is 12.5. The van der Waals surface area contributed by atoms with Crippen LogP contribution in [0.25, 0.3) is 11.0 Å². The van der Waals surface area contributed by atoms with E-state index in [0.29, 0.717) is 41.4 Å². The van der Waals surface area contributed by atoms with E-state index < -0.39 is 0 Å². The molecule has 1 aromatic carbocycles. The van der Waals surface area contributed by atoms with Gasteiger partial charge in [-0.2, -0.15) is 0 Å². The fourth-order valence-corrected chi connectivity index (χ4v) is 3.89.